The number of amidine groups is 1. The van der Waals surface area contributed by atoms with Crippen LogP contribution >= 0.6 is 11.8 Å². The number of hydrogen-bond donors (Lipinski definition) is 1. The number of nitrogens with zero attached hydrogens (tertiary/aromatic N) is 2. The van der Waals surface area contributed by atoms with Crippen LogP contribution in [0.15, 0.2) is 4.99 Å². The number of hydrogen-bond acceptors (Lipinski definition) is 3. The molecule has 1 aliphatic carbocycles. The molecule has 92 valence electrons. The zero-order chi connectivity index (χ0) is 11.8. The third-order valence-electron chi connectivity index (χ3n) is 3.76. The molecule has 1 heterocycles. The van der Waals surface area contributed by atoms with Gasteiger partial charge in [0, 0.05) is 16.8 Å². The van der Waals surface area contributed by atoms with Crippen molar-refractivity contribution in [2.24, 2.45) is 4.99 Å². The molecule has 0 amide bonds. The van der Waals surface area contributed by atoms with E-state index in [-0.39, 0.29) is 5.54 Å². The Morgan fingerprint density at radius 3 is 2.44 bits per heavy atom. The molecule has 1 saturated carbocycles. The van der Waals surface area contributed by atoms with Gasteiger partial charge in [-0.25, -0.2) is 0 Å². The summed E-state index contributed by atoms with van der Waals surface area (Å²) in [6, 6.07) is 0. The van der Waals surface area contributed by atoms with Crippen LogP contribution in [0.1, 0.15) is 33.1 Å². The molecule has 0 aromatic carbocycles. The van der Waals surface area contributed by atoms with E-state index in [0.29, 0.717) is 5.54 Å². The van der Waals surface area contributed by atoms with Crippen molar-refractivity contribution in [3.8, 4) is 0 Å². The second-order valence-electron chi connectivity index (χ2n) is 5.89. The van der Waals surface area contributed by atoms with Crippen molar-refractivity contribution in [1.29, 1.82) is 0 Å². The molecule has 16 heavy (non-hydrogen) atoms. The molecule has 3 nitrogen and oxygen atoms in total. The summed E-state index contributed by atoms with van der Waals surface area (Å²) in [7, 11) is 4.36. The van der Waals surface area contributed by atoms with Crippen LogP contribution < -0.4 is 5.32 Å². The number of aliphatic imine (C=N–C) groups is 1. The zero-order valence-corrected chi connectivity index (χ0v) is 11.7. The minimum Gasteiger partial charge on any atom is -0.359 e. The molecule has 1 N–H and O–H groups in total. The molecule has 0 aromatic heterocycles. The summed E-state index contributed by atoms with van der Waals surface area (Å²) >= 11 is 1.86. The van der Waals surface area contributed by atoms with Crippen LogP contribution in [0.2, 0.25) is 0 Å². The van der Waals surface area contributed by atoms with Crippen LogP contribution in [0.3, 0.4) is 0 Å². The Morgan fingerprint density at radius 2 is 2.06 bits per heavy atom. The SMILES string of the molecule is CN(C)C1(CN=C2NC(C)(C)CS2)CCC1. The van der Waals surface area contributed by atoms with Crippen molar-refractivity contribution in [3.63, 3.8) is 0 Å². The lowest BCUT2D eigenvalue weighted by atomic mass is 9.76. The van der Waals surface area contributed by atoms with E-state index in [1.807, 2.05) is 11.8 Å². The molecular formula is C12H23N3S. The summed E-state index contributed by atoms with van der Waals surface area (Å²) < 4.78 is 0. The van der Waals surface area contributed by atoms with Gasteiger partial charge in [0.15, 0.2) is 5.17 Å². The Kier molecular flexibility index (Phi) is 3.23. The van der Waals surface area contributed by atoms with Crippen LogP contribution in [0.5, 0.6) is 0 Å². The van der Waals surface area contributed by atoms with Gasteiger partial charge in [-0.05, 0) is 47.2 Å². The third-order valence-corrected chi connectivity index (χ3v) is 5.14. The van der Waals surface area contributed by atoms with Crippen molar-refractivity contribution in [1.82, 2.24) is 10.2 Å². The normalized spacial score (nSPS) is 29.2. The molecule has 0 atom stereocenters. The highest BCUT2D eigenvalue weighted by atomic mass is 32.2. The molecule has 2 fully saturated rings. The maximum Gasteiger partial charge on any atom is 0.157 e. The second kappa shape index (κ2) is 4.22. The molecule has 0 aromatic rings. The van der Waals surface area contributed by atoms with Crippen LogP contribution in [-0.2, 0) is 0 Å². The Hall–Kier alpha value is -0.220. The first-order valence-electron chi connectivity index (χ1n) is 6.06. The smallest absolute Gasteiger partial charge is 0.157 e. The highest BCUT2D eigenvalue weighted by molar-refractivity contribution is 8.14. The fourth-order valence-corrected chi connectivity index (χ4v) is 3.32. The summed E-state index contributed by atoms with van der Waals surface area (Å²) in [6.45, 7) is 5.41. The average Bonchev–Trinajstić information content (AvgIpc) is 2.43. The Morgan fingerprint density at radius 1 is 1.38 bits per heavy atom. The maximum atomic E-state index is 4.76. The summed E-state index contributed by atoms with van der Waals surface area (Å²) in [5.41, 5.74) is 0.566. The lowest BCUT2D eigenvalue weighted by Gasteiger charge is -2.46. The van der Waals surface area contributed by atoms with Crippen molar-refractivity contribution in [3.05, 3.63) is 0 Å². The van der Waals surface area contributed by atoms with E-state index < -0.39 is 0 Å². The van der Waals surface area contributed by atoms with E-state index >= 15 is 0 Å². The molecule has 0 spiro atoms. The quantitative estimate of drug-likeness (QED) is 0.818. The van der Waals surface area contributed by atoms with Crippen molar-refractivity contribution in [2.45, 2.75) is 44.2 Å². The van der Waals surface area contributed by atoms with Crippen LogP contribution in [0.4, 0.5) is 0 Å². The van der Waals surface area contributed by atoms with Crippen LogP contribution in [0.25, 0.3) is 0 Å². The van der Waals surface area contributed by atoms with Crippen LogP contribution in [0, 0.1) is 0 Å². The van der Waals surface area contributed by atoms with Gasteiger partial charge < -0.3 is 10.2 Å². The minimum absolute atomic E-state index is 0.217. The van der Waals surface area contributed by atoms with E-state index in [2.05, 4.69) is 38.2 Å². The molecule has 1 saturated heterocycles. The van der Waals surface area contributed by atoms with Gasteiger partial charge in [-0.1, -0.05) is 11.8 Å². The fraction of sp³-hybridized carbons (Fsp3) is 0.917. The van der Waals surface area contributed by atoms with E-state index in [4.69, 9.17) is 4.99 Å². The van der Waals surface area contributed by atoms with Gasteiger partial charge in [-0.2, -0.15) is 0 Å². The van der Waals surface area contributed by atoms with Gasteiger partial charge in [0.2, 0.25) is 0 Å². The first kappa shape index (κ1) is 12.2. The monoisotopic (exact) mass is 241 g/mol. The van der Waals surface area contributed by atoms with E-state index in [1.165, 1.54) is 19.3 Å². The first-order chi connectivity index (χ1) is 7.44. The predicted molar refractivity (Wildman–Crippen MR) is 72.2 cm³/mol. The predicted octanol–water partition coefficient (Wildman–Crippen LogP) is 1.94. The second-order valence-corrected chi connectivity index (χ2v) is 6.86. The lowest BCUT2D eigenvalue weighted by Crippen LogP contribution is -2.52. The van der Waals surface area contributed by atoms with Crippen LogP contribution in [-0.4, -0.2) is 47.5 Å². The average molecular weight is 241 g/mol. The Labute approximate surface area is 103 Å². The minimum atomic E-state index is 0.217. The number of likely N-dealkylation sites (N-methyl/N-ethyl adjacent to an activating group) is 1. The summed E-state index contributed by atoms with van der Waals surface area (Å²) in [6.07, 6.45) is 3.95. The number of rotatable bonds is 3. The molecule has 2 aliphatic rings. The molecule has 0 bridgehead atoms. The molecule has 0 radical (unpaired) electrons. The largest absolute Gasteiger partial charge is 0.359 e. The highest BCUT2D eigenvalue weighted by Crippen LogP contribution is 2.36. The molecule has 0 unspecified atom stereocenters. The van der Waals surface area contributed by atoms with E-state index in [0.717, 1.165) is 17.5 Å². The first-order valence-corrected chi connectivity index (χ1v) is 7.05. The van der Waals surface area contributed by atoms with Gasteiger partial charge in [0.05, 0.1) is 6.54 Å². The highest BCUT2D eigenvalue weighted by Gasteiger charge is 2.39. The topological polar surface area (TPSA) is 27.6 Å². The summed E-state index contributed by atoms with van der Waals surface area (Å²) in [5, 5.41) is 4.62. The number of thioether (sulfide) groups is 1. The van der Waals surface area contributed by atoms with Crippen molar-refractivity contribution < 1.29 is 0 Å². The van der Waals surface area contributed by atoms with Gasteiger partial charge >= 0.3 is 0 Å². The maximum absolute atomic E-state index is 4.76. The standard InChI is InChI=1S/C12H23N3S/c1-11(2)9-16-10(14-11)13-8-12(15(3)4)6-5-7-12/h5-9H2,1-4H3,(H,13,14). The number of nitrogens with one attached hydrogen (secondary N) is 1. The Bertz CT molecular complexity index is 293. The summed E-state index contributed by atoms with van der Waals surface area (Å²) in [5.74, 6) is 1.13. The molecule has 1 aliphatic heterocycles. The molecule has 2 rings (SSSR count). The molecular weight excluding hydrogens is 218 g/mol. The van der Waals surface area contributed by atoms with Crippen molar-refractivity contribution >= 4 is 16.9 Å². The van der Waals surface area contributed by atoms with Crippen molar-refractivity contribution in [2.75, 3.05) is 26.4 Å². The molecule has 4 heteroatoms. The Balaban J connectivity index is 1.94. The third kappa shape index (κ3) is 2.38. The van der Waals surface area contributed by atoms with Gasteiger partial charge in [0.1, 0.15) is 0 Å². The summed E-state index contributed by atoms with van der Waals surface area (Å²) in [4.78, 5) is 7.11. The van der Waals surface area contributed by atoms with Gasteiger partial charge in [-0.3, -0.25) is 4.99 Å². The lowest BCUT2D eigenvalue weighted by molar-refractivity contribution is 0.0700. The van der Waals surface area contributed by atoms with E-state index in [9.17, 15) is 0 Å². The fourth-order valence-electron chi connectivity index (χ4n) is 2.25. The van der Waals surface area contributed by atoms with E-state index in [1.54, 1.807) is 0 Å². The van der Waals surface area contributed by atoms with Gasteiger partial charge in [0.25, 0.3) is 0 Å². The van der Waals surface area contributed by atoms with Gasteiger partial charge in [-0.15, -0.1) is 0 Å². The zero-order valence-electron chi connectivity index (χ0n) is 10.8.